The van der Waals surface area contributed by atoms with Crippen LogP contribution in [0.1, 0.15) is 44.4 Å². The van der Waals surface area contributed by atoms with Gasteiger partial charge in [-0.25, -0.2) is 0 Å². The summed E-state index contributed by atoms with van der Waals surface area (Å²) in [5.41, 5.74) is 1.53. The number of para-hydroxylation sites is 1. The number of nitrogens with zero attached hydrogens (tertiary/aromatic N) is 1. The van der Waals surface area contributed by atoms with E-state index in [0.717, 1.165) is 0 Å². The van der Waals surface area contributed by atoms with Gasteiger partial charge < -0.3 is 29.3 Å². The molecule has 0 fully saturated rings. The molecule has 202 valence electrons. The molecular formula is C25H32ClN2O8P. The third-order valence-electron chi connectivity index (χ3n) is 5.59. The summed E-state index contributed by atoms with van der Waals surface area (Å²) in [6.07, 6.45) is -2.38. The number of carbonyl (C=O) groups excluding carboxylic acids is 2. The second-order valence-corrected chi connectivity index (χ2v) is 10.9. The standard InChI is InChI=1S/C25H32ClN2O8P/c1-25(2,3)13-28-18-10-9-15(26)11-17(18)22(16-7-6-8-19(33-4)23(16)34-5)36-20(24(28)30)12-21(29)27-14-35-37(31)32/h6-11,20,22,37H,12-14H2,1-5H3,(H,27,29)(H,31,32)/t20-,22-/m1/s1. The predicted molar refractivity (Wildman–Crippen MR) is 139 cm³/mol. The van der Waals surface area contributed by atoms with Gasteiger partial charge in [0.1, 0.15) is 18.9 Å². The molecule has 1 unspecified atom stereocenters. The van der Waals surface area contributed by atoms with Crippen LogP contribution in [0.15, 0.2) is 36.4 Å². The van der Waals surface area contributed by atoms with E-state index < -0.39 is 39.0 Å². The minimum atomic E-state index is -3.22. The molecule has 2 aromatic rings. The lowest BCUT2D eigenvalue weighted by Crippen LogP contribution is -2.45. The minimum Gasteiger partial charge on any atom is -0.493 e. The van der Waals surface area contributed by atoms with Crippen molar-refractivity contribution in [1.29, 1.82) is 0 Å². The fourth-order valence-electron chi connectivity index (χ4n) is 4.12. The maximum atomic E-state index is 13.9. The Morgan fingerprint density at radius 1 is 1.19 bits per heavy atom. The first-order chi connectivity index (χ1) is 17.4. The van der Waals surface area contributed by atoms with Crippen molar-refractivity contribution in [3.63, 3.8) is 0 Å². The molecule has 1 aliphatic rings. The van der Waals surface area contributed by atoms with Gasteiger partial charge in [0.2, 0.25) is 5.91 Å². The highest BCUT2D eigenvalue weighted by Gasteiger charge is 2.40. The summed E-state index contributed by atoms with van der Waals surface area (Å²) >= 11 is 6.40. The van der Waals surface area contributed by atoms with Gasteiger partial charge in [-0.05, 0) is 29.7 Å². The molecule has 37 heavy (non-hydrogen) atoms. The zero-order valence-corrected chi connectivity index (χ0v) is 23.1. The molecule has 12 heteroatoms. The van der Waals surface area contributed by atoms with Crippen molar-refractivity contribution >= 4 is 37.4 Å². The Morgan fingerprint density at radius 3 is 2.54 bits per heavy atom. The van der Waals surface area contributed by atoms with E-state index in [4.69, 9.17) is 30.7 Å². The van der Waals surface area contributed by atoms with E-state index in [0.29, 0.717) is 39.9 Å². The highest BCUT2D eigenvalue weighted by Crippen LogP contribution is 2.45. The van der Waals surface area contributed by atoms with Crippen LogP contribution in [-0.4, -0.2) is 50.3 Å². The first-order valence-electron chi connectivity index (χ1n) is 11.5. The Bertz CT molecular complexity index is 1170. The van der Waals surface area contributed by atoms with Gasteiger partial charge in [0, 0.05) is 28.4 Å². The number of halogens is 1. The maximum Gasteiger partial charge on any atom is 0.318 e. The summed E-state index contributed by atoms with van der Waals surface area (Å²) < 4.78 is 32.8. The molecule has 0 aromatic heterocycles. The molecule has 2 amide bonds. The summed E-state index contributed by atoms with van der Waals surface area (Å²) in [6.45, 7) is 5.88. The summed E-state index contributed by atoms with van der Waals surface area (Å²) in [4.78, 5) is 37.0. The number of hydrogen-bond acceptors (Lipinski definition) is 7. The van der Waals surface area contributed by atoms with Gasteiger partial charge in [-0.2, -0.15) is 0 Å². The van der Waals surface area contributed by atoms with Crippen molar-refractivity contribution in [3.05, 3.63) is 52.5 Å². The fraction of sp³-hybridized carbons (Fsp3) is 0.440. The average Bonchev–Trinajstić information content (AvgIpc) is 2.92. The molecule has 0 radical (unpaired) electrons. The Morgan fingerprint density at radius 2 is 1.92 bits per heavy atom. The number of methoxy groups -OCH3 is 2. The molecule has 1 heterocycles. The SMILES string of the molecule is COc1cccc([C@H]2O[C@H](CC(=O)NCO[PH](=O)O)C(=O)N(CC(C)(C)C)c3ccc(Cl)cc32)c1OC. The molecule has 3 rings (SSSR count). The van der Waals surface area contributed by atoms with E-state index >= 15 is 0 Å². The highest BCUT2D eigenvalue weighted by atomic mass is 35.5. The topological polar surface area (TPSA) is 124 Å². The molecule has 0 aliphatic carbocycles. The first-order valence-corrected chi connectivity index (χ1v) is 13.2. The monoisotopic (exact) mass is 554 g/mol. The third kappa shape index (κ3) is 7.24. The zero-order chi connectivity index (χ0) is 27.3. The minimum absolute atomic E-state index is 0.283. The molecule has 0 bridgehead atoms. The van der Waals surface area contributed by atoms with Crippen LogP contribution in [0.2, 0.25) is 5.02 Å². The average molecular weight is 555 g/mol. The summed E-state index contributed by atoms with van der Waals surface area (Å²) in [7, 11) is -0.191. The first kappa shape index (κ1) is 28.9. The number of carbonyl (C=O) groups is 2. The van der Waals surface area contributed by atoms with Crippen LogP contribution in [0.5, 0.6) is 11.5 Å². The molecular weight excluding hydrogens is 523 g/mol. The normalized spacial score (nSPS) is 18.6. The molecule has 0 saturated heterocycles. The molecule has 2 N–H and O–H groups in total. The lowest BCUT2D eigenvalue weighted by atomic mass is 9.94. The van der Waals surface area contributed by atoms with Crippen LogP contribution in [-0.2, 0) is 23.4 Å². The van der Waals surface area contributed by atoms with Crippen LogP contribution in [0.3, 0.4) is 0 Å². The van der Waals surface area contributed by atoms with Gasteiger partial charge in [0.05, 0.1) is 20.6 Å². The van der Waals surface area contributed by atoms with Crippen LogP contribution in [0.25, 0.3) is 0 Å². The molecule has 2 aromatic carbocycles. The molecule has 3 atom stereocenters. The van der Waals surface area contributed by atoms with Gasteiger partial charge in [-0.3, -0.25) is 18.7 Å². The largest absolute Gasteiger partial charge is 0.493 e. The summed E-state index contributed by atoms with van der Waals surface area (Å²) in [5.74, 6) is -0.102. The van der Waals surface area contributed by atoms with Crippen molar-refractivity contribution in [2.24, 2.45) is 5.41 Å². The van der Waals surface area contributed by atoms with E-state index in [2.05, 4.69) is 9.84 Å². The maximum absolute atomic E-state index is 13.9. The summed E-state index contributed by atoms with van der Waals surface area (Å²) in [6, 6.07) is 10.5. The number of ether oxygens (including phenoxy) is 3. The van der Waals surface area contributed by atoms with E-state index in [9.17, 15) is 14.2 Å². The fourth-order valence-corrected chi connectivity index (χ4v) is 4.50. The van der Waals surface area contributed by atoms with Crippen LogP contribution in [0, 0.1) is 5.41 Å². The number of rotatable bonds is 9. The van der Waals surface area contributed by atoms with Crippen LogP contribution in [0.4, 0.5) is 5.69 Å². The lowest BCUT2D eigenvalue weighted by Gasteiger charge is -2.31. The van der Waals surface area contributed by atoms with E-state index in [1.54, 1.807) is 41.3 Å². The van der Waals surface area contributed by atoms with Gasteiger partial charge in [-0.15, -0.1) is 0 Å². The Balaban J connectivity index is 2.13. The Kier molecular flexibility index (Phi) is 9.61. The van der Waals surface area contributed by atoms with Crippen molar-refractivity contribution in [2.75, 3.05) is 32.4 Å². The quantitative estimate of drug-likeness (QED) is 0.351. The van der Waals surface area contributed by atoms with E-state index in [-0.39, 0.29) is 11.8 Å². The van der Waals surface area contributed by atoms with Crippen molar-refractivity contribution in [1.82, 2.24) is 5.32 Å². The van der Waals surface area contributed by atoms with E-state index in [1.807, 2.05) is 20.8 Å². The number of hydrogen-bond donors (Lipinski definition) is 2. The summed E-state index contributed by atoms with van der Waals surface area (Å²) in [5, 5.41) is 2.83. The predicted octanol–water partition coefficient (Wildman–Crippen LogP) is 4.09. The number of benzene rings is 2. The molecule has 0 spiro atoms. The lowest BCUT2D eigenvalue weighted by molar-refractivity contribution is -0.138. The molecule has 0 saturated carbocycles. The van der Waals surface area contributed by atoms with Gasteiger partial charge in [-0.1, -0.05) is 44.5 Å². The van der Waals surface area contributed by atoms with Crippen LogP contribution < -0.4 is 19.7 Å². The number of nitrogens with one attached hydrogen (secondary N) is 1. The second kappa shape index (κ2) is 12.3. The zero-order valence-electron chi connectivity index (χ0n) is 21.4. The highest BCUT2D eigenvalue weighted by molar-refractivity contribution is 7.32. The van der Waals surface area contributed by atoms with E-state index in [1.165, 1.54) is 14.2 Å². The number of fused-ring (bicyclic) bond motifs is 1. The van der Waals surface area contributed by atoms with Gasteiger partial charge in [0.15, 0.2) is 11.5 Å². The molecule has 10 nitrogen and oxygen atoms in total. The van der Waals surface area contributed by atoms with Gasteiger partial charge in [0.25, 0.3) is 5.91 Å². The molecule has 1 aliphatic heterocycles. The van der Waals surface area contributed by atoms with Crippen molar-refractivity contribution in [3.8, 4) is 11.5 Å². The smallest absolute Gasteiger partial charge is 0.318 e. The third-order valence-corrected chi connectivity index (χ3v) is 6.22. The van der Waals surface area contributed by atoms with Gasteiger partial charge >= 0.3 is 8.25 Å². The van der Waals surface area contributed by atoms with Crippen molar-refractivity contribution < 1.29 is 37.8 Å². The van der Waals surface area contributed by atoms with Crippen LogP contribution >= 0.6 is 19.9 Å². The number of amides is 2. The Hall–Kier alpha value is -2.62. The number of anilines is 1. The Labute approximate surface area is 221 Å². The van der Waals surface area contributed by atoms with Crippen molar-refractivity contribution in [2.45, 2.75) is 39.4 Å². The second-order valence-electron chi connectivity index (χ2n) is 9.63.